The van der Waals surface area contributed by atoms with E-state index in [1.54, 1.807) is 30.0 Å². The van der Waals surface area contributed by atoms with Crippen LogP contribution in [0.2, 0.25) is 10.0 Å². The van der Waals surface area contributed by atoms with Gasteiger partial charge in [0.2, 0.25) is 15.9 Å². The molecule has 0 saturated carbocycles. The molecule has 1 aliphatic rings. The lowest BCUT2D eigenvalue weighted by atomic mass is 10.2. The first-order valence-electron chi connectivity index (χ1n) is 9.05. The molecule has 2 aromatic rings. The highest BCUT2D eigenvalue weighted by Gasteiger charge is 2.33. The van der Waals surface area contributed by atoms with Crippen LogP contribution in [0.15, 0.2) is 41.3 Å². The lowest BCUT2D eigenvalue weighted by molar-refractivity contribution is -0.121. The molecule has 162 valence electrons. The van der Waals surface area contributed by atoms with Crippen LogP contribution in [0.5, 0.6) is 0 Å². The number of carbonyl (C=O) groups is 1. The van der Waals surface area contributed by atoms with Crippen LogP contribution in [0.1, 0.15) is 6.92 Å². The van der Waals surface area contributed by atoms with Crippen molar-refractivity contribution in [1.82, 2.24) is 9.21 Å². The fraction of sp³-hybridized carbons (Fsp3) is 0.316. The molecular formula is C19H19Cl2F2N3O3S. The van der Waals surface area contributed by atoms with Gasteiger partial charge in [-0.2, -0.15) is 4.31 Å². The van der Waals surface area contributed by atoms with Gasteiger partial charge in [-0.25, -0.2) is 17.2 Å². The molecule has 0 radical (unpaired) electrons. The van der Waals surface area contributed by atoms with Crippen LogP contribution in [-0.4, -0.2) is 55.8 Å². The van der Waals surface area contributed by atoms with Crippen molar-refractivity contribution >= 4 is 44.8 Å². The van der Waals surface area contributed by atoms with Crippen molar-refractivity contribution < 1.29 is 22.0 Å². The normalized spacial score (nSPS) is 17.0. The van der Waals surface area contributed by atoms with Crippen molar-refractivity contribution in [3.63, 3.8) is 0 Å². The Bertz CT molecular complexity index is 1040. The summed E-state index contributed by atoms with van der Waals surface area (Å²) in [7, 11) is -4.19. The molecule has 0 bridgehead atoms. The number of nitrogens with one attached hydrogen (secondary N) is 1. The number of sulfonamides is 1. The Labute approximate surface area is 183 Å². The molecule has 6 nitrogen and oxygen atoms in total. The Hall–Kier alpha value is -1.78. The highest BCUT2D eigenvalue weighted by atomic mass is 35.5. The Morgan fingerprint density at radius 1 is 1.07 bits per heavy atom. The number of piperazine rings is 1. The number of rotatable bonds is 5. The first-order valence-corrected chi connectivity index (χ1v) is 11.2. The Kier molecular flexibility index (Phi) is 6.98. The van der Waals surface area contributed by atoms with Crippen molar-refractivity contribution in [2.45, 2.75) is 17.9 Å². The minimum absolute atomic E-state index is 0.0305. The van der Waals surface area contributed by atoms with E-state index in [2.05, 4.69) is 5.32 Å². The Balaban J connectivity index is 1.66. The van der Waals surface area contributed by atoms with Gasteiger partial charge in [-0.15, -0.1) is 0 Å². The largest absolute Gasteiger partial charge is 0.322 e. The third-order valence-corrected chi connectivity index (χ3v) is 7.47. The monoisotopic (exact) mass is 477 g/mol. The highest BCUT2D eigenvalue weighted by Crippen LogP contribution is 2.30. The van der Waals surface area contributed by atoms with Gasteiger partial charge in [0.25, 0.3) is 0 Å². The zero-order valence-corrected chi connectivity index (χ0v) is 18.2. The maximum absolute atomic E-state index is 13.9. The SMILES string of the molecule is C[C@H](C(=O)Nc1c(Cl)cccc1Cl)N1CCN(S(=O)(=O)c2cc(F)ccc2F)CC1. The van der Waals surface area contributed by atoms with Gasteiger partial charge in [0.05, 0.1) is 21.8 Å². The molecule has 0 aromatic heterocycles. The van der Waals surface area contributed by atoms with E-state index in [9.17, 15) is 22.0 Å². The molecule has 0 aliphatic carbocycles. The molecule has 11 heteroatoms. The van der Waals surface area contributed by atoms with E-state index in [0.29, 0.717) is 21.8 Å². The van der Waals surface area contributed by atoms with Crippen LogP contribution in [0.25, 0.3) is 0 Å². The molecule has 1 N–H and O–H groups in total. The molecule has 0 unspecified atom stereocenters. The summed E-state index contributed by atoms with van der Waals surface area (Å²) in [5.41, 5.74) is 0.306. The van der Waals surface area contributed by atoms with Crippen LogP contribution in [0.4, 0.5) is 14.5 Å². The second-order valence-electron chi connectivity index (χ2n) is 6.78. The number of carbonyl (C=O) groups excluding carboxylic acids is 1. The van der Waals surface area contributed by atoms with E-state index in [4.69, 9.17) is 23.2 Å². The summed E-state index contributed by atoms with van der Waals surface area (Å²) in [5, 5.41) is 3.29. The van der Waals surface area contributed by atoms with Crippen molar-refractivity contribution in [1.29, 1.82) is 0 Å². The number of nitrogens with zero attached hydrogens (tertiary/aromatic N) is 2. The standard InChI is InChI=1S/C19H19Cl2F2N3O3S/c1-12(19(27)24-18-14(20)3-2-4-15(18)21)25-7-9-26(10-8-25)30(28,29)17-11-13(22)5-6-16(17)23/h2-6,11-12H,7-10H2,1H3,(H,24,27)/t12-/m1/s1. The van der Waals surface area contributed by atoms with Crippen LogP contribution in [0, 0.1) is 11.6 Å². The lowest BCUT2D eigenvalue weighted by Gasteiger charge is -2.36. The molecule has 1 heterocycles. The molecule has 2 aromatic carbocycles. The van der Waals surface area contributed by atoms with E-state index in [1.807, 2.05) is 0 Å². The molecule has 1 fully saturated rings. The van der Waals surface area contributed by atoms with Gasteiger partial charge < -0.3 is 5.32 Å². The second kappa shape index (κ2) is 9.15. The number of halogens is 4. The molecule has 1 aliphatic heterocycles. The molecule has 0 spiro atoms. The quantitative estimate of drug-likeness (QED) is 0.713. The summed E-state index contributed by atoms with van der Waals surface area (Å²) in [5.74, 6) is -2.20. The van der Waals surface area contributed by atoms with Gasteiger partial charge in [-0.3, -0.25) is 9.69 Å². The summed E-state index contributed by atoms with van der Waals surface area (Å²) >= 11 is 12.1. The van der Waals surface area contributed by atoms with Gasteiger partial charge in [0.15, 0.2) is 0 Å². The zero-order valence-electron chi connectivity index (χ0n) is 15.9. The number of benzene rings is 2. The van der Waals surface area contributed by atoms with Crippen molar-refractivity contribution in [3.05, 3.63) is 58.1 Å². The van der Waals surface area contributed by atoms with Crippen molar-refractivity contribution in [3.8, 4) is 0 Å². The first-order chi connectivity index (χ1) is 14.1. The summed E-state index contributed by atoms with van der Waals surface area (Å²) in [6.07, 6.45) is 0. The number of anilines is 1. The van der Waals surface area contributed by atoms with Crippen molar-refractivity contribution in [2.24, 2.45) is 0 Å². The number of amides is 1. The Morgan fingerprint density at radius 3 is 2.27 bits per heavy atom. The van der Waals surface area contributed by atoms with Crippen molar-refractivity contribution in [2.75, 3.05) is 31.5 Å². The van der Waals surface area contributed by atoms with Gasteiger partial charge in [0.1, 0.15) is 16.5 Å². The minimum Gasteiger partial charge on any atom is -0.322 e. The summed E-state index contributed by atoms with van der Waals surface area (Å²) < 4.78 is 53.8. The average molecular weight is 478 g/mol. The molecule has 1 atom stereocenters. The molecule has 1 amide bonds. The highest BCUT2D eigenvalue weighted by molar-refractivity contribution is 7.89. The Morgan fingerprint density at radius 2 is 1.67 bits per heavy atom. The van der Waals surface area contributed by atoms with Gasteiger partial charge in [-0.05, 0) is 37.3 Å². The number of hydrogen-bond acceptors (Lipinski definition) is 4. The van der Waals surface area contributed by atoms with Gasteiger partial charge in [-0.1, -0.05) is 29.3 Å². The topological polar surface area (TPSA) is 69.7 Å². The number of hydrogen-bond donors (Lipinski definition) is 1. The van der Waals surface area contributed by atoms with E-state index >= 15 is 0 Å². The summed E-state index contributed by atoms with van der Waals surface area (Å²) in [6, 6.07) is 6.58. The van der Waals surface area contributed by atoms with Gasteiger partial charge >= 0.3 is 0 Å². The maximum atomic E-state index is 13.9. The van der Waals surface area contributed by atoms with Gasteiger partial charge in [0, 0.05) is 26.2 Å². The third-order valence-electron chi connectivity index (χ3n) is 4.92. The zero-order chi connectivity index (χ0) is 22.1. The summed E-state index contributed by atoms with van der Waals surface area (Å²) in [6.45, 7) is 2.21. The fourth-order valence-corrected chi connectivity index (χ4v) is 5.15. The first kappa shape index (κ1) is 22.9. The van der Waals surface area contributed by atoms with Crippen LogP contribution >= 0.6 is 23.2 Å². The molecular weight excluding hydrogens is 459 g/mol. The van der Waals surface area contributed by atoms with E-state index in [-0.39, 0.29) is 32.1 Å². The second-order valence-corrected chi connectivity index (χ2v) is 9.50. The molecule has 1 saturated heterocycles. The van der Waals surface area contributed by atoms with E-state index < -0.39 is 32.6 Å². The van der Waals surface area contributed by atoms with E-state index in [1.165, 1.54) is 0 Å². The lowest BCUT2D eigenvalue weighted by Crippen LogP contribution is -2.54. The van der Waals surface area contributed by atoms with Crippen LogP contribution in [-0.2, 0) is 14.8 Å². The molecule has 30 heavy (non-hydrogen) atoms. The summed E-state index contributed by atoms with van der Waals surface area (Å²) in [4.78, 5) is 13.7. The average Bonchev–Trinajstić information content (AvgIpc) is 2.72. The van der Waals surface area contributed by atoms with Crippen LogP contribution < -0.4 is 5.32 Å². The minimum atomic E-state index is -4.19. The third kappa shape index (κ3) is 4.76. The smallest absolute Gasteiger partial charge is 0.246 e. The van der Waals surface area contributed by atoms with Crippen LogP contribution in [0.3, 0.4) is 0 Å². The fourth-order valence-electron chi connectivity index (χ4n) is 3.16. The number of para-hydroxylation sites is 1. The predicted octanol–water partition coefficient (Wildman–Crippen LogP) is 3.61. The molecule has 3 rings (SSSR count). The maximum Gasteiger partial charge on any atom is 0.246 e. The predicted molar refractivity (Wildman–Crippen MR) is 111 cm³/mol. The van der Waals surface area contributed by atoms with E-state index in [0.717, 1.165) is 16.4 Å².